The number of benzene rings is 1. The van der Waals surface area contributed by atoms with E-state index in [1.165, 1.54) is 5.56 Å². The molecule has 6 heteroatoms. The molecule has 1 aromatic carbocycles. The molecule has 0 unspecified atom stereocenters. The van der Waals surface area contributed by atoms with Crippen molar-refractivity contribution in [2.75, 3.05) is 26.3 Å². The standard InChI is InChI=1S/C26H25FN4O/c1-18-5-7-19(8-6-18)26-23(17-30-11-13-32-14-12-30)31-16-21(9-10-24(31)29-26)25-20(15-28)3-2-4-22(25)27/h4-10,16H,2-3,11-14,17H2,1H3. The van der Waals surface area contributed by atoms with Gasteiger partial charge in [-0.05, 0) is 38.0 Å². The lowest BCUT2D eigenvalue weighted by molar-refractivity contribution is 0.0336. The molecule has 2 aliphatic rings. The molecule has 0 amide bonds. The maximum atomic E-state index is 14.8. The second-order valence-electron chi connectivity index (χ2n) is 8.36. The first kappa shape index (κ1) is 20.6. The molecular formula is C26H25FN4O. The summed E-state index contributed by atoms with van der Waals surface area (Å²) in [5.41, 5.74) is 6.68. The molecule has 1 saturated heterocycles. The van der Waals surface area contributed by atoms with Crippen LogP contribution in [0.1, 0.15) is 29.7 Å². The first-order chi connectivity index (χ1) is 15.6. The summed E-state index contributed by atoms with van der Waals surface area (Å²) < 4.78 is 22.3. The van der Waals surface area contributed by atoms with Crippen LogP contribution >= 0.6 is 0 Å². The highest BCUT2D eigenvalue weighted by molar-refractivity contribution is 5.83. The highest BCUT2D eigenvalue weighted by Gasteiger charge is 2.22. The van der Waals surface area contributed by atoms with E-state index < -0.39 is 0 Å². The van der Waals surface area contributed by atoms with Gasteiger partial charge in [0.05, 0.1) is 30.7 Å². The lowest BCUT2D eigenvalue weighted by Crippen LogP contribution is -2.36. The molecule has 1 fully saturated rings. The molecule has 0 atom stereocenters. The number of halogens is 1. The number of hydrogen-bond donors (Lipinski definition) is 0. The van der Waals surface area contributed by atoms with E-state index in [9.17, 15) is 9.65 Å². The van der Waals surface area contributed by atoms with Gasteiger partial charge in [-0.15, -0.1) is 0 Å². The van der Waals surface area contributed by atoms with Gasteiger partial charge in [-0.2, -0.15) is 5.26 Å². The van der Waals surface area contributed by atoms with Crippen molar-refractivity contribution in [2.45, 2.75) is 26.3 Å². The van der Waals surface area contributed by atoms with E-state index in [0.717, 1.165) is 55.4 Å². The molecule has 2 aromatic heterocycles. The highest BCUT2D eigenvalue weighted by Crippen LogP contribution is 2.35. The van der Waals surface area contributed by atoms with Crippen LogP contribution in [-0.4, -0.2) is 40.6 Å². The Morgan fingerprint density at radius 1 is 1.09 bits per heavy atom. The van der Waals surface area contributed by atoms with Crippen LogP contribution in [-0.2, 0) is 11.3 Å². The van der Waals surface area contributed by atoms with Crippen LogP contribution in [0.15, 0.2) is 60.1 Å². The quantitative estimate of drug-likeness (QED) is 0.582. The Morgan fingerprint density at radius 2 is 1.84 bits per heavy atom. The van der Waals surface area contributed by atoms with Gasteiger partial charge in [-0.25, -0.2) is 9.37 Å². The number of nitrogens with zero attached hydrogens (tertiary/aromatic N) is 4. The zero-order valence-corrected chi connectivity index (χ0v) is 18.1. The van der Waals surface area contributed by atoms with Gasteiger partial charge in [0.25, 0.3) is 0 Å². The third kappa shape index (κ3) is 3.86. The number of aromatic nitrogens is 2. The van der Waals surface area contributed by atoms with E-state index in [1.54, 1.807) is 6.08 Å². The number of allylic oxidation sites excluding steroid dienone is 4. The molecule has 0 radical (unpaired) electrons. The predicted octanol–water partition coefficient (Wildman–Crippen LogP) is 5.07. The minimum Gasteiger partial charge on any atom is -0.379 e. The summed E-state index contributed by atoms with van der Waals surface area (Å²) in [7, 11) is 0. The van der Waals surface area contributed by atoms with E-state index in [2.05, 4.69) is 46.6 Å². The fraction of sp³-hybridized carbons (Fsp3) is 0.308. The highest BCUT2D eigenvalue weighted by atomic mass is 19.1. The van der Waals surface area contributed by atoms with Crippen LogP contribution in [0.25, 0.3) is 22.5 Å². The predicted molar refractivity (Wildman–Crippen MR) is 122 cm³/mol. The van der Waals surface area contributed by atoms with Crippen molar-refractivity contribution in [3.8, 4) is 17.3 Å². The zero-order valence-electron chi connectivity index (χ0n) is 18.1. The van der Waals surface area contributed by atoms with Crippen LogP contribution in [0.5, 0.6) is 0 Å². The van der Waals surface area contributed by atoms with Crippen LogP contribution < -0.4 is 0 Å². The molecule has 3 aromatic rings. The van der Waals surface area contributed by atoms with Crippen molar-refractivity contribution >= 4 is 11.2 Å². The van der Waals surface area contributed by atoms with E-state index >= 15 is 0 Å². The van der Waals surface area contributed by atoms with Gasteiger partial charge in [0.2, 0.25) is 0 Å². The van der Waals surface area contributed by atoms with Crippen LogP contribution in [0.3, 0.4) is 0 Å². The van der Waals surface area contributed by atoms with Crippen molar-refractivity contribution < 1.29 is 9.13 Å². The van der Waals surface area contributed by atoms with Crippen molar-refractivity contribution in [3.63, 3.8) is 0 Å². The van der Waals surface area contributed by atoms with Crippen LogP contribution in [0, 0.1) is 18.3 Å². The van der Waals surface area contributed by atoms with Gasteiger partial charge in [0.1, 0.15) is 11.5 Å². The topological polar surface area (TPSA) is 53.6 Å². The number of aryl methyl sites for hydroxylation is 1. The molecule has 1 aliphatic carbocycles. The van der Waals surface area contributed by atoms with Crippen LogP contribution in [0.2, 0.25) is 0 Å². The minimum absolute atomic E-state index is 0.319. The van der Waals surface area contributed by atoms with E-state index in [4.69, 9.17) is 9.72 Å². The number of pyridine rings is 1. The third-order valence-corrected chi connectivity index (χ3v) is 6.20. The second-order valence-corrected chi connectivity index (χ2v) is 8.36. The van der Waals surface area contributed by atoms with E-state index in [-0.39, 0.29) is 5.83 Å². The summed E-state index contributed by atoms with van der Waals surface area (Å²) in [4.78, 5) is 7.30. The summed E-state index contributed by atoms with van der Waals surface area (Å²) in [5.74, 6) is -0.319. The molecule has 162 valence electrons. The molecular weight excluding hydrogens is 403 g/mol. The number of rotatable bonds is 4. The minimum atomic E-state index is -0.319. The van der Waals surface area contributed by atoms with E-state index in [1.807, 2.05) is 18.3 Å². The van der Waals surface area contributed by atoms with Gasteiger partial charge < -0.3 is 9.14 Å². The molecule has 5 rings (SSSR count). The summed E-state index contributed by atoms with van der Waals surface area (Å²) in [6.45, 7) is 5.95. The molecule has 0 saturated carbocycles. The Morgan fingerprint density at radius 3 is 2.59 bits per heavy atom. The molecule has 0 bridgehead atoms. The summed E-state index contributed by atoms with van der Waals surface area (Å²) in [6, 6.07) is 14.4. The summed E-state index contributed by atoms with van der Waals surface area (Å²) in [6.07, 6.45) is 4.63. The number of imidazole rings is 1. The van der Waals surface area contributed by atoms with Gasteiger partial charge in [0, 0.05) is 48.1 Å². The Kier molecular flexibility index (Phi) is 5.60. The van der Waals surface area contributed by atoms with Gasteiger partial charge in [-0.3, -0.25) is 4.90 Å². The average Bonchev–Trinajstić information content (AvgIpc) is 3.17. The van der Waals surface area contributed by atoms with Crippen molar-refractivity contribution in [3.05, 3.63) is 76.9 Å². The van der Waals surface area contributed by atoms with Gasteiger partial charge >= 0.3 is 0 Å². The molecule has 0 spiro atoms. The molecule has 3 heterocycles. The Hall–Kier alpha value is -3.27. The first-order valence-corrected chi connectivity index (χ1v) is 11.0. The largest absolute Gasteiger partial charge is 0.379 e. The first-order valence-electron chi connectivity index (χ1n) is 11.0. The smallest absolute Gasteiger partial charge is 0.137 e. The number of hydrogen-bond acceptors (Lipinski definition) is 4. The third-order valence-electron chi connectivity index (χ3n) is 6.20. The maximum Gasteiger partial charge on any atom is 0.137 e. The molecule has 1 aliphatic heterocycles. The number of nitriles is 1. The molecule has 32 heavy (non-hydrogen) atoms. The Labute approximate surface area is 187 Å². The second kappa shape index (κ2) is 8.70. The van der Waals surface area contributed by atoms with Crippen LogP contribution in [0.4, 0.5) is 4.39 Å². The number of ether oxygens (including phenoxy) is 1. The SMILES string of the molecule is Cc1ccc(-c2nc3ccc(C4=C(C#N)CCC=C4F)cn3c2CN2CCOCC2)cc1. The average molecular weight is 429 g/mol. The fourth-order valence-corrected chi connectivity index (χ4v) is 4.44. The van der Waals surface area contributed by atoms with Crippen molar-refractivity contribution in [1.82, 2.24) is 14.3 Å². The lowest BCUT2D eigenvalue weighted by Gasteiger charge is -2.26. The normalized spacial score (nSPS) is 17.5. The van der Waals surface area contributed by atoms with Gasteiger partial charge in [-0.1, -0.05) is 29.8 Å². The molecule has 0 N–H and O–H groups in total. The van der Waals surface area contributed by atoms with E-state index in [0.29, 0.717) is 29.6 Å². The monoisotopic (exact) mass is 428 g/mol. The fourth-order valence-electron chi connectivity index (χ4n) is 4.44. The van der Waals surface area contributed by atoms with Crippen molar-refractivity contribution in [2.24, 2.45) is 0 Å². The number of fused-ring (bicyclic) bond motifs is 1. The van der Waals surface area contributed by atoms with Crippen molar-refractivity contribution in [1.29, 1.82) is 5.26 Å². The molecule has 5 nitrogen and oxygen atoms in total. The Balaban J connectivity index is 1.66. The zero-order chi connectivity index (χ0) is 22.1. The lowest BCUT2D eigenvalue weighted by atomic mass is 9.93. The number of morpholine rings is 1. The summed E-state index contributed by atoms with van der Waals surface area (Å²) >= 11 is 0. The summed E-state index contributed by atoms with van der Waals surface area (Å²) in [5, 5.41) is 9.56. The maximum absolute atomic E-state index is 14.8. The van der Waals surface area contributed by atoms with Gasteiger partial charge in [0.15, 0.2) is 0 Å². The Bertz CT molecular complexity index is 1260.